The predicted octanol–water partition coefficient (Wildman–Crippen LogP) is 19.9. The maximum Gasteiger partial charge on any atom is 0.0991 e. The first-order valence-electron chi connectivity index (χ1n) is 28.5. The van der Waals surface area contributed by atoms with Gasteiger partial charge in [0.15, 0.2) is 0 Å². The van der Waals surface area contributed by atoms with Crippen molar-refractivity contribution in [1.82, 2.24) is 0 Å². The van der Waals surface area contributed by atoms with Gasteiger partial charge in [-0.3, -0.25) is 0 Å². The highest BCUT2D eigenvalue weighted by molar-refractivity contribution is 6.07. The molecule has 0 atom stereocenters. The average molecular weight is 1070 g/mol. The van der Waals surface area contributed by atoms with Crippen molar-refractivity contribution < 1.29 is 0 Å². The molecule has 0 unspecified atom stereocenters. The fourth-order valence-electron chi connectivity index (χ4n) is 13.9. The van der Waals surface area contributed by atoms with Crippen LogP contribution < -0.4 is 9.80 Å². The van der Waals surface area contributed by atoms with E-state index in [4.69, 9.17) is 0 Å². The molecular weight excluding hydrogens is 1020 g/mol. The largest absolute Gasteiger partial charge is 0.310 e. The van der Waals surface area contributed by atoms with Gasteiger partial charge in [0.25, 0.3) is 0 Å². The van der Waals surface area contributed by atoms with E-state index in [-0.39, 0.29) is 0 Å². The molecule has 0 aromatic heterocycles. The van der Waals surface area contributed by atoms with Crippen LogP contribution in [0.2, 0.25) is 0 Å². The number of nitrogens with zero attached hydrogens (tertiary/aromatic N) is 4. The number of benzene rings is 13. The van der Waals surface area contributed by atoms with Crippen molar-refractivity contribution in [2.45, 2.75) is 10.8 Å². The molecule has 15 rings (SSSR count). The minimum atomic E-state index is -0.587. The molecule has 0 fully saturated rings. The van der Waals surface area contributed by atoms with E-state index in [1.54, 1.807) is 0 Å². The van der Waals surface area contributed by atoms with E-state index in [9.17, 15) is 10.5 Å². The zero-order valence-corrected chi connectivity index (χ0v) is 45.8. The summed E-state index contributed by atoms with van der Waals surface area (Å²) in [5.41, 5.74) is 22.8. The molecule has 0 saturated heterocycles. The van der Waals surface area contributed by atoms with E-state index >= 15 is 0 Å². The summed E-state index contributed by atoms with van der Waals surface area (Å²) in [4.78, 5) is 4.67. The van der Waals surface area contributed by atoms with Crippen LogP contribution in [0.4, 0.5) is 34.1 Å². The Morgan fingerprint density at radius 2 is 0.583 bits per heavy atom. The van der Waals surface area contributed by atoms with Gasteiger partial charge in [-0.15, -0.1) is 0 Å². The fraction of sp³-hybridized carbons (Fsp3) is 0.0250. The van der Waals surface area contributed by atoms with Crippen molar-refractivity contribution in [1.29, 1.82) is 10.5 Å². The van der Waals surface area contributed by atoms with Gasteiger partial charge in [-0.1, -0.05) is 224 Å². The highest BCUT2D eigenvalue weighted by Gasteiger charge is 2.48. The SMILES string of the molecule is N#Cc1ccc(N(c2ccc(-c3ccc(N(c4ccc(C#N)cc4)c4ccc5c(c4)C(c4ccccc4)(c4ccccc4)c4ccccc4-5)c4ccccc34)cc2)c2ccc3c(c2)C(c2ccccc2)(c2ccccc2)c2ccccc2-3)cc1. The zero-order valence-electron chi connectivity index (χ0n) is 45.8. The van der Waals surface area contributed by atoms with Crippen LogP contribution in [0, 0.1) is 22.7 Å². The second-order valence-corrected chi connectivity index (χ2v) is 21.7. The summed E-state index contributed by atoms with van der Waals surface area (Å²) in [6, 6.07) is 118. The molecule has 0 heterocycles. The Bertz CT molecular complexity index is 4640. The van der Waals surface area contributed by atoms with Crippen molar-refractivity contribution in [2.75, 3.05) is 9.80 Å². The Morgan fingerprint density at radius 1 is 0.250 bits per heavy atom. The highest BCUT2D eigenvalue weighted by Crippen LogP contribution is 2.59. The molecule has 0 spiro atoms. The Hall–Kier alpha value is -11.3. The summed E-state index contributed by atoms with van der Waals surface area (Å²) in [5.74, 6) is 0. The van der Waals surface area contributed by atoms with E-state index in [1.807, 2.05) is 36.4 Å². The maximum absolute atomic E-state index is 10.0. The van der Waals surface area contributed by atoms with Gasteiger partial charge < -0.3 is 9.80 Å². The van der Waals surface area contributed by atoms with Gasteiger partial charge in [-0.25, -0.2) is 0 Å². The van der Waals surface area contributed by atoms with Gasteiger partial charge in [0, 0.05) is 33.8 Å². The molecule has 0 bridgehead atoms. The van der Waals surface area contributed by atoms with Crippen LogP contribution in [-0.2, 0) is 10.8 Å². The lowest BCUT2D eigenvalue weighted by Crippen LogP contribution is -2.28. The lowest BCUT2D eigenvalue weighted by molar-refractivity contribution is 0.768. The Labute approximate surface area is 489 Å². The molecular formula is C80H52N4. The smallest absolute Gasteiger partial charge is 0.0991 e. The molecule has 4 heteroatoms. The standard InChI is InChI=1S/C80H52N4/c81-53-55-33-39-62(40-34-55)83(65-45-47-71-69-28-15-17-31-74(69)79(76(71)51-65,58-19-5-1-6-20-58)59-21-7-2-8-22-59)63-43-37-57(38-44-63)67-49-50-78(73-30-14-13-27-68(67)73)84(64-41-35-56(54-82)36-42-64)66-46-48-72-70-29-16-18-32-75(70)80(77(72)52-66,60-23-9-3-10-24-60)61-25-11-4-12-26-61/h1-52H. The molecule has 13 aromatic rings. The van der Waals surface area contributed by atoms with E-state index in [0.717, 1.165) is 56.0 Å². The minimum absolute atomic E-state index is 0.575. The number of fused-ring (bicyclic) bond motifs is 7. The van der Waals surface area contributed by atoms with Crippen LogP contribution in [0.25, 0.3) is 44.2 Å². The van der Waals surface area contributed by atoms with Crippen LogP contribution in [0.1, 0.15) is 55.6 Å². The Morgan fingerprint density at radius 3 is 1.02 bits per heavy atom. The maximum atomic E-state index is 10.0. The minimum Gasteiger partial charge on any atom is -0.310 e. The fourth-order valence-corrected chi connectivity index (χ4v) is 13.9. The van der Waals surface area contributed by atoms with Crippen molar-refractivity contribution in [3.05, 3.63) is 371 Å². The quantitative estimate of drug-likeness (QED) is 0.130. The highest BCUT2D eigenvalue weighted by atomic mass is 15.1. The molecule has 0 saturated carbocycles. The first-order chi connectivity index (χ1) is 41.6. The van der Waals surface area contributed by atoms with Gasteiger partial charge in [-0.2, -0.15) is 10.5 Å². The number of hydrogen-bond acceptors (Lipinski definition) is 4. The number of rotatable bonds is 11. The van der Waals surface area contributed by atoms with Crippen molar-refractivity contribution in [2.24, 2.45) is 0 Å². The molecule has 4 nitrogen and oxygen atoms in total. The summed E-state index contributed by atoms with van der Waals surface area (Å²) in [5, 5.41) is 22.2. The molecule has 0 aliphatic heterocycles. The monoisotopic (exact) mass is 1070 g/mol. The Balaban J connectivity index is 0.870. The zero-order chi connectivity index (χ0) is 56.2. The topological polar surface area (TPSA) is 54.1 Å². The second kappa shape index (κ2) is 20.4. The molecule has 0 N–H and O–H groups in total. The molecule has 84 heavy (non-hydrogen) atoms. The van der Waals surface area contributed by atoms with Gasteiger partial charge in [0.05, 0.1) is 39.8 Å². The van der Waals surface area contributed by atoms with Gasteiger partial charge in [0.2, 0.25) is 0 Å². The van der Waals surface area contributed by atoms with Crippen molar-refractivity contribution >= 4 is 44.9 Å². The third kappa shape index (κ3) is 7.74. The summed E-state index contributed by atoms with van der Waals surface area (Å²) in [6.45, 7) is 0. The molecule has 2 aliphatic carbocycles. The van der Waals surface area contributed by atoms with Crippen molar-refractivity contribution in [3.8, 4) is 45.5 Å². The summed E-state index contributed by atoms with van der Waals surface area (Å²) < 4.78 is 0. The number of hydrogen-bond donors (Lipinski definition) is 0. The number of nitriles is 2. The van der Waals surface area contributed by atoms with Gasteiger partial charge in [-0.05, 0) is 174 Å². The summed E-state index contributed by atoms with van der Waals surface area (Å²) >= 11 is 0. The Kier molecular flexibility index (Phi) is 12.0. The van der Waals surface area contributed by atoms with Crippen LogP contribution in [0.15, 0.2) is 315 Å². The molecule has 13 aromatic carbocycles. The van der Waals surface area contributed by atoms with Gasteiger partial charge in [0.1, 0.15) is 0 Å². The van der Waals surface area contributed by atoms with E-state index in [0.29, 0.717) is 11.1 Å². The lowest BCUT2D eigenvalue weighted by atomic mass is 9.67. The lowest BCUT2D eigenvalue weighted by Gasteiger charge is -2.35. The molecule has 2 aliphatic rings. The second-order valence-electron chi connectivity index (χ2n) is 21.7. The molecule has 392 valence electrons. The van der Waals surface area contributed by atoms with Crippen LogP contribution in [0.5, 0.6) is 0 Å². The summed E-state index contributed by atoms with van der Waals surface area (Å²) in [6.07, 6.45) is 0. The van der Waals surface area contributed by atoms with E-state index in [2.05, 4.69) is 301 Å². The summed E-state index contributed by atoms with van der Waals surface area (Å²) in [7, 11) is 0. The van der Waals surface area contributed by atoms with Gasteiger partial charge >= 0.3 is 0 Å². The predicted molar refractivity (Wildman–Crippen MR) is 343 cm³/mol. The first-order valence-corrected chi connectivity index (χ1v) is 28.5. The normalized spacial score (nSPS) is 12.9. The van der Waals surface area contributed by atoms with Crippen LogP contribution in [0.3, 0.4) is 0 Å². The third-order valence-electron chi connectivity index (χ3n) is 17.5. The average Bonchev–Trinajstić information content (AvgIpc) is 1.91. The van der Waals surface area contributed by atoms with Crippen molar-refractivity contribution in [3.63, 3.8) is 0 Å². The van der Waals surface area contributed by atoms with E-state index in [1.165, 1.54) is 66.8 Å². The number of anilines is 6. The van der Waals surface area contributed by atoms with Crippen LogP contribution in [-0.4, -0.2) is 0 Å². The van der Waals surface area contributed by atoms with E-state index < -0.39 is 10.8 Å². The molecule has 0 radical (unpaired) electrons. The third-order valence-corrected chi connectivity index (χ3v) is 17.5. The molecule has 0 amide bonds. The van der Waals surface area contributed by atoms with Crippen LogP contribution >= 0.6 is 0 Å². The first kappa shape index (κ1) is 49.7.